The fourth-order valence-corrected chi connectivity index (χ4v) is 4.54. The maximum atomic E-state index is 13.9. The van der Waals surface area contributed by atoms with Crippen molar-refractivity contribution < 1.29 is 13.7 Å². The fourth-order valence-electron chi connectivity index (χ4n) is 3.00. The van der Waals surface area contributed by atoms with Crippen LogP contribution in [0.5, 0.6) is 0 Å². The number of nitrogens with two attached hydrogens (primary N) is 1. The first-order chi connectivity index (χ1) is 10.7. The molecule has 8 heteroatoms. The highest BCUT2D eigenvalue weighted by Crippen LogP contribution is 2.30. The van der Waals surface area contributed by atoms with Crippen LogP contribution in [0.25, 0.3) is 0 Å². The van der Waals surface area contributed by atoms with Crippen LogP contribution < -0.4 is 10.6 Å². The van der Waals surface area contributed by atoms with E-state index < -0.39 is 17.2 Å². The van der Waals surface area contributed by atoms with Crippen LogP contribution in [0.1, 0.15) is 12.8 Å². The summed E-state index contributed by atoms with van der Waals surface area (Å²) in [6, 6.07) is 0. The number of nitrogens with zero attached hydrogens (tertiary/aromatic N) is 3. The zero-order valence-corrected chi connectivity index (χ0v) is 13.2. The van der Waals surface area contributed by atoms with Crippen molar-refractivity contribution in [2.75, 3.05) is 50.0 Å². The highest BCUT2D eigenvalue weighted by Gasteiger charge is 2.34. The van der Waals surface area contributed by atoms with E-state index in [-0.39, 0.29) is 5.25 Å². The number of ether oxygens (including phenoxy) is 1. The van der Waals surface area contributed by atoms with Gasteiger partial charge >= 0.3 is 0 Å². The lowest BCUT2D eigenvalue weighted by atomic mass is 10.1. The number of anilines is 2. The molecule has 0 aliphatic carbocycles. The van der Waals surface area contributed by atoms with Gasteiger partial charge in [-0.2, -0.15) is 0 Å². The van der Waals surface area contributed by atoms with Crippen LogP contribution in [-0.4, -0.2) is 58.5 Å². The second-order valence-electron chi connectivity index (χ2n) is 5.56. The van der Waals surface area contributed by atoms with Gasteiger partial charge in [-0.1, -0.05) is 0 Å². The molecule has 2 saturated heterocycles. The quantitative estimate of drug-likeness (QED) is 0.826. The van der Waals surface area contributed by atoms with Crippen LogP contribution in [0, 0.1) is 5.82 Å². The van der Waals surface area contributed by atoms with Gasteiger partial charge in [0.15, 0.2) is 5.82 Å². The Hall–Kier alpha value is -1.09. The van der Waals surface area contributed by atoms with Gasteiger partial charge < -0.3 is 19.9 Å². The number of aromatic nitrogens is 1. The number of hydrogen-bond donors (Lipinski definition) is 1. The highest BCUT2D eigenvalue weighted by molar-refractivity contribution is 7.89. The third-order valence-corrected chi connectivity index (χ3v) is 6.08. The average Bonchev–Trinajstić information content (AvgIpc) is 2.55. The molecule has 0 saturated carbocycles. The van der Waals surface area contributed by atoms with Crippen LogP contribution in [0.2, 0.25) is 0 Å². The second kappa shape index (κ2) is 6.99. The molecule has 0 aromatic carbocycles. The van der Waals surface area contributed by atoms with Gasteiger partial charge in [0.05, 0.1) is 50.1 Å². The standard InChI is InChI=1S/C14H21FN4O2S/c15-12-9-17-10-13(16)14(12)18-3-1-11(2-4-18)22(20)19-5-7-21-8-6-19/h9-11H,1-8,16H2. The van der Waals surface area contributed by atoms with Gasteiger partial charge in [-0.15, -0.1) is 4.31 Å². The number of pyridine rings is 1. The molecule has 0 spiro atoms. The first-order valence-corrected chi connectivity index (χ1v) is 8.71. The Morgan fingerprint density at radius 3 is 2.55 bits per heavy atom. The molecule has 3 rings (SSSR count). The molecular formula is C14H21FN4O2S. The SMILES string of the molecule is Nc1cncc(F)c1N1CCC([S+]([O-])N2CCOCC2)CC1. The Morgan fingerprint density at radius 2 is 1.91 bits per heavy atom. The minimum atomic E-state index is -0.986. The van der Waals surface area contributed by atoms with Gasteiger partial charge in [0.25, 0.3) is 0 Å². The fraction of sp³-hybridized carbons (Fsp3) is 0.643. The summed E-state index contributed by atoms with van der Waals surface area (Å²) in [5.41, 5.74) is 6.61. The smallest absolute Gasteiger partial charge is 0.166 e. The van der Waals surface area contributed by atoms with Crippen molar-refractivity contribution in [1.82, 2.24) is 9.29 Å². The highest BCUT2D eigenvalue weighted by atomic mass is 32.2. The van der Waals surface area contributed by atoms with Gasteiger partial charge in [0, 0.05) is 37.3 Å². The molecule has 1 unspecified atom stereocenters. The molecule has 2 aliphatic rings. The normalized spacial score (nSPS) is 22.7. The Balaban J connectivity index is 1.60. The summed E-state index contributed by atoms with van der Waals surface area (Å²) in [7, 11) is 0. The Kier molecular flexibility index (Phi) is 5.02. The molecule has 2 fully saturated rings. The largest absolute Gasteiger partial charge is 0.598 e. The third kappa shape index (κ3) is 3.29. The monoisotopic (exact) mass is 328 g/mol. The zero-order chi connectivity index (χ0) is 15.5. The van der Waals surface area contributed by atoms with Gasteiger partial charge in [0.1, 0.15) is 5.25 Å². The summed E-state index contributed by atoms with van der Waals surface area (Å²) in [5, 5.41) is 0.125. The molecule has 0 bridgehead atoms. The predicted octanol–water partition coefficient (Wildman–Crippen LogP) is 0.768. The van der Waals surface area contributed by atoms with Crippen molar-refractivity contribution in [3.8, 4) is 0 Å². The molecule has 22 heavy (non-hydrogen) atoms. The van der Waals surface area contributed by atoms with Crippen molar-refractivity contribution in [1.29, 1.82) is 0 Å². The van der Waals surface area contributed by atoms with E-state index in [1.54, 1.807) is 0 Å². The maximum Gasteiger partial charge on any atom is 0.166 e. The minimum Gasteiger partial charge on any atom is -0.598 e. The molecule has 6 nitrogen and oxygen atoms in total. The van der Waals surface area contributed by atoms with Crippen molar-refractivity contribution in [3.05, 3.63) is 18.2 Å². The van der Waals surface area contributed by atoms with E-state index in [1.807, 2.05) is 9.21 Å². The summed E-state index contributed by atoms with van der Waals surface area (Å²) in [4.78, 5) is 5.68. The van der Waals surface area contributed by atoms with E-state index in [1.165, 1.54) is 12.4 Å². The molecule has 0 amide bonds. The van der Waals surface area contributed by atoms with E-state index in [4.69, 9.17) is 10.5 Å². The Morgan fingerprint density at radius 1 is 1.23 bits per heavy atom. The summed E-state index contributed by atoms with van der Waals surface area (Å²) < 4.78 is 33.8. The number of nitrogen functional groups attached to an aromatic ring is 1. The number of rotatable bonds is 3. The lowest BCUT2D eigenvalue weighted by Gasteiger charge is -2.37. The molecule has 122 valence electrons. The van der Waals surface area contributed by atoms with Crippen LogP contribution in [0.3, 0.4) is 0 Å². The van der Waals surface area contributed by atoms with Crippen LogP contribution in [0.4, 0.5) is 15.8 Å². The predicted molar refractivity (Wildman–Crippen MR) is 84.4 cm³/mol. The molecule has 3 heterocycles. The number of piperidine rings is 1. The summed E-state index contributed by atoms with van der Waals surface area (Å²) in [5.74, 6) is -0.396. The van der Waals surface area contributed by atoms with E-state index in [2.05, 4.69) is 4.98 Å². The summed E-state index contributed by atoms with van der Waals surface area (Å²) in [6.45, 7) is 4.04. The second-order valence-corrected chi connectivity index (χ2v) is 7.30. The minimum absolute atomic E-state index is 0.125. The van der Waals surface area contributed by atoms with Crippen molar-refractivity contribution in [2.24, 2.45) is 0 Å². The summed E-state index contributed by atoms with van der Waals surface area (Å²) in [6.07, 6.45) is 4.19. The number of hydrogen-bond acceptors (Lipinski definition) is 6. The van der Waals surface area contributed by atoms with E-state index in [0.717, 1.165) is 25.9 Å². The first kappa shape index (κ1) is 15.8. The zero-order valence-electron chi connectivity index (χ0n) is 12.4. The van der Waals surface area contributed by atoms with E-state index >= 15 is 0 Å². The molecule has 2 N–H and O–H groups in total. The Labute approximate surface area is 132 Å². The van der Waals surface area contributed by atoms with Crippen molar-refractivity contribution >= 4 is 22.7 Å². The van der Waals surface area contributed by atoms with Gasteiger partial charge in [-0.25, -0.2) is 4.39 Å². The van der Waals surface area contributed by atoms with Crippen LogP contribution in [0.15, 0.2) is 12.4 Å². The van der Waals surface area contributed by atoms with Gasteiger partial charge in [-0.05, 0) is 0 Å². The lowest BCUT2D eigenvalue weighted by Crippen LogP contribution is -2.49. The number of morpholine rings is 1. The molecular weight excluding hydrogens is 307 g/mol. The Bertz CT molecular complexity index is 487. The van der Waals surface area contributed by atoms with Crippen molar-refractivity contribution in [3.63, 3.8) is 0 Å². The third-order valence-electron chi connectivity index (χ3n) is 4.17. The number of halogens is 1. The van der Waals surface area contributed by atoms with Crippen LogP contribution in [-0.2, 0) is 16.1 Å². The maximum absolute atomic E-state index is 13.9. The van der Waals surface area contributed by atoms with E-state index in [0.29, 0.717) is 37.7 Å². The van der Waals surface area contributed by atoms with Crippen LogP contribution >= 0.6 is 0 Å². The summed E-state index contributed by atoms with van der Waals surface area (Å²) >= 11 is -0.986. The topological polar surface area (TPSA) is 77.7 Å². The van der Waals surface area contributed by atoms with Crippen molar-refractivity contribution in [2.45, 2.75) is 18.1 Å². The molecule has 0 radical (unpaired) electrons. The van der Waals surface area contributed by atoms with Gasteiger partial charge in [-0.3, -0.25) is 4.98 Å². The lowest BCUT2D eigenvalue weighted by molar-refractivity contribution is 0.0724. The molecule has 2 aliphatic heterocycles. The van der Waals surface area contributed by atoms with Gasteiger partial charge in [0.2, 0.25) is 0 Å². The average molecular weight is 328 g/mol. The molecule has 1 aromatic rings. The van der Waals surface area contributed by atoms with E-state index in [9.17, 15) is 8.94 Å². The molecule has 1 atom stereocenters. The first-order valence-electron chi connectivity index (χ1n) is 7.54. The molecule has 1 aromatic heterocycles.